The van der Waals surface area contributed by atoms with Gasteiger partial charge in [0.05, 0.1) is 6.54 Å². The Morgan fingerprint density at radius 3 is 2.38 bits per heavy atom. The first-order valence-corrected chi connectivity index (χ1v) is 8.21. The molecular formula is C19H18F3NO3. The summed E-state index contributed by atoms with van der Waals surface area (Å²) >= 11 is 0. The minimum absolute atomic E-state index is 0.0227. The van der Waals surface area contributed by atoms with Crippen molar-refractivity contribution in [3.63, 3.8) is 0 Å². The number of carbonyl (C=O) groups is 1. The zero-order valence-corrected chi connectivity index (χ0v) is 13.9. The monoisotopic (exact) mass is 365 g/mol. The molecule has 3 rings (SSSR count). The summed E-state index contributed by atoms with van der Waals surface area (Å²) < 4.78 is 45.1. The molecule has 1 N–H and O–H groups in total. The third-order valence-electron chi connectivity index (χ3n) is 4.27. The second-order valence-electron chi connectivity index (χ2n) is 6.46. The minimum atomic E-state index is -1.30. The molecule has 0 spiro atoms. The highest BCUT2D eigenvalue weighted by Crippen LogP contribution is 2.24. The van der Waals surface area contributed by atoms with E-state index in [1.165, 1.54) is 29.2 Å². The smallest absolute Gasteiger partial charge is 0.254 e. The number of likely N-dealkylation sites (tertiary alicyclic amines) is 1. The molecule has 0 bridgehead atoms. The van der Waals surface area contributed by atoms with Crippen LogP contribution in [0.5, 0.6) is 5.75 Å². The predicted molar refractivity (Wildman–Crippen MR) is 88.3 cm³/mol. The van der Waals surface area contributed by atoms with Crippen molar-refractivity contribution in [3.8, 4) is 5.75 Å². The molecule has 0 aliphatic carbocycles. The van der Waals surface area contributed by atoms with Crippen LogP contribution in [0.1, 0.15) is 23.2 Å². The number of aliphatic hydroxyl groups is 1. The van der Waals surface area contributed by atoms with Gasteiger partial charge in [0.2, 0.25) is 0 Å². The molecular weight excluding hydrogens is 347 g/mol. The van der Waals surface area contributed by atoms with Crippen LogP contribution in [-0.4, -0.2) is 41.2 Å². The fourth-order valence-corrected chi connectivity index (χ4v) is 3.01. The fraction of sp³-hybridized carbons (Fsp3) is 0.316. The molecule has 1 fully saturated rings. The Labute approximate surface area is 148 Å². The Balaban J connectivity index is 1.67. The lowest BCUT2D eigenvalue weighted by Gasteiger charge is -2.39. The average Bonchev–Trinajstić information content (AvgIpc) is 2.60. The zero-order valence-electron chi connectivity index (χ0n) is 13.9. The molecule has 4 nitrogen and oxygen atoms in total. The van der Waals surface area contributed by atoms with Crippen molar-refractivity contribution in [2.75, 3.05) is 19.7 Å². The number of hydrogen-bond acceptors (Lipinski definition) is 3. The lowest BCUT2D eigenvalue weighted by atomic mass is 9.93. The van der Waals surface area contributed by atoms with E-state index in [1.54, 1.807) is 0 Å². The van der Waals surface area contributed by atoms with Crippen LogP contribution in [0.25, 0.3) is 0 Å². The molecule has 1 atom stereocenters. The van der Waals surface area contributed by atoms with E-state index in [9.17, 15) is 23.1 Å². The van der Waals surface area contributed by atoms with Gasteiger partial charge in [0.1, 0.15) is 35.4 Å². The van der Waals surface area contributed by atoms with Crippen LogP contribution in [0.3, 0.4) is 0 Å². The van der Waals surface area contributed by atoms with Crippen molar-refractivity contribution in [3.05, 3.63) is 65.5 Å². The molecule has 2 aromatic carbocycles. The summed E-state index contributed by atoms with van der Waals surface area (Å²) in [6, 6.07) is 8.01. The highest BCUT2D eigenvalue weighted by atomic mass is 19.1. The number of carbonyl (C=O) groups excluding carboxylic acids is 1. The summed E-state index contributed by atoms with van der Waals surface area (Å²) in [5.74, 6) is -2.22. The average molecular weight is 365 g/mol. The molecule has 0 aromatic heterocycles. The largest absolute Gasteiger partial charge is 0.491 e. The number of nitrogens with zero attached hydrogens (tertiary/aromatic N) is 1. The Kier molecular flexibility index (Phi) is 5.18. The SMILES string of the molecule is O=C(c1cc(F)cc(F)c1)N1CCCC(O)(COc2ccc(F)cc2)C1. The van der Waals surface area contributed by atoms with E-state index >= 15 is 0 Å². The molecule has 1 unspecified atom stereocenters. The van der Waals surface area contributed by atoms with Crippen LogP contribution in [0, 0.1) is 17.5 Å². The maximum Gasteiger partial charge on any atom is 0.254 e. The molecule has 7 heteroatoms. The Morgan fingerprint density at radius 1 is 1.08 bits per heavy atom. The molecule has 1 heterocycles. The summed E-state index contributed by atoms with van der Waals surface area (Å²) in [6.07, 6.45) is 0.933. The Morgan fingerprint density at radius 2 is 1.73 bits per heavy atom. The standard InChI is InChI=1S/C19H18F3NO3/c20-14-2-4-17(5-3-14)26-12-19(25)6-1-7-23(11-19)18(24)13-8-15(21)10-16(22)9-13/h2-5,8-10,25H,1,6-7,11-12H2. The maximum absolute atomic E-state index is 13.3. The molecule has 1 amide bonds. The van der Waals surface area contributed by atoms with Gasteiger partial charge in [-0.25, -0.2) is 13.2 Å². The van der Waals surface area contributed by atoms with E-state index in [2.05, 4.69) is 0 Å². The van der Waals surface area contributed by atoms with Gasteiger partial charge in [-0.2, -0.15) is 0 Å². The normalized spacial score (nSPS) is 20.1. The highest BCUT2D eigenvalue weighted by Gasteiger charge is 2.36. The van der Waals surface area contributed by atoms with Crippen LogP contribution >= 0.6 is 0 Å². The number of β-amino-alcohol motifs (C(OH)–C–C–N with tert-alkyl or cyclic N) is 1. The third-order valence-corrected chi connectivity index (χ3v) is 4.27. The summed E-state index contributed by atoms with van der Waals surface area (Å²) in [5.41, 5.74) is -1.40. The Hall–Kier alpha value is -2.54. The first-order chi connectivity index (χ1) is 12.3. The number of benzene rings is 2. The van der Waals surface area contributed by atoms with Crippen molar-refractivity contribution >= 4 is 5.91 Å². The molecule has 1 aliphatic heterocycles. The van der Waals surface area contributed by atoms with E-state index in [0.29, 0.717) is 31.2 Å². The van der Waals surface area contributed by atoms with Gasteiger partial charge in [-0.3, -0.25) is 4.79 Å². The minimum Gasteiger partial charge on any atom is -0.491 e. The second kappa shape index (κ2) is 7.37. The first kappa shape index (κ1) is 18.3. The summed E-state index contributed by atoms with van der Waals surface area (Å²) in [7, 11) is 0. The number of rotatable bonds is 4. The molecule has 26 heavy (non-hydrogen) atoms. The highest BCUT2D eigenvalue weighted by molar-refractivity contribution is 5.94. The van der Waals surface area contributed by atoms with Crippen LogP contribution in [0.15, 0.2) is 42.5 Å². The van der Waals surface area contributed by atoms with Crippen molar-refractivity contribution < 1.29 is 27.8 Å². The Bertz CT molecular complexity index is 777. The molecule has 0 radical (unpaired) electrons. The maximum atomic E-state index is 13.3. The number of halogens is 3. The van der Waals surface area contributed by atoms with Crippen LogP contribution in [0.2, 0.25) is 0 Å². The van der Waals surface area contributed by atoms with Crippen LogP contribution in [-0.2, 0) is 0 Å². The number of piperidine rings is 1. The van der Waals surface area contributed by atoms with Gasteiger partial charge in [-0.15, -0.1) is 0 Å². The van der Waals surface area contributed by atoms with Crippen molar-refractivity contribution in [1.82, 2.24) is 4.90 Å². The van der Waals surface area contributed by atoms with Crippen LogP contribution < -0.4 is 4.74 Å². The molecule has 1 saturated heterocycles. The van der Waals surface area contributed by atoms with Gasteiger partial charge in [0.25, 0.3) is 5.91 Å². The van der Waals surface area contributed by atoms with E-state index in [1.807, 2.05) is 0 Å². The second-order valence-corrected chi connectivity index (χ2v) is 6.46. The van der Waals surface area contributed by atoms with Crippen molar-refractivity contribution in [2.24, 2.45) is 0 Å². The van der Waals surface area contributed by atoms with Gasteiger partial charge in [0, 0.05) is 18.2 Å². The molecule has 138 valence electrons. The summed E-state index contributed by atoms with van der Waals surface area (Å²) in [6.45, 7) is 0.265. The van der Waals surface area contributed by atoms with Gasteiger partial charge in [-0.05, 0) is 49.2 Å². The molecule has 1 aliphatic rings. The van der Waals surface area contributed by atoms with Crippen molar-refractivity contribution in [1.29, 1.82) is 0 Å². The van der Waals surface area contributed by atoms with Gasteiger partial charge < -0.3 is 14.7 Å². The lowest BCUT2D eigenvalue weighted by molar-refractivity contribution is -0.0532. The van der Waals surface area contributed by atoms with Gasteiger partial charge in [-0.1, -0.05) is 0 Å². The summed E-state index contributed by atoms with van der Waals surface area (Å²) in [5, 5.41) is 10.7. The van der Waals surface area contributed by atoms with Gasteiger partial charge >= 0.3 is 0 Å². The number of hydrogen-bond donors (Lipinski definition) is 1. The predicted octanol–water partition coefficient (Wildman–Crippen LogP) is 3.15. The third kappa shape index (κ3) is 4.35. The fourth-order valence-electron chi connectivity index (χ4n) is 3.01. The van der Waals surface area contributed by atoms with E-state index in [4.69, 9.17) is 4.74 Å². The topological polar surface area (TPSA) is 49.8 Å². The lowest BCUT2D eigenvalue weighted by Crippen LogP contribution is -2.53. The van der Waals surface area contributed by atoms with E-state index < -0.39 is 29.0 Å². The summed E-state index contributed by atoms with van der Waals surface area (Å²) in [4.78, 5) is 13.9. The van der Waals surface area contributed by atoms with Gasteiger partial charge in [0.15, 0.2) is 0 Å². The molecule has 2 aromatic rings. The quantitative estimate of drug-likeness (QED) is 0.906. The zero-order chi connectivity index (χ0) is 18.7. The molecule has 0 saturated carbocycles. The number of ether oxygens (including phenoxy) is 1. The van der Waals surface area contributed by atoms with Crippen molar-refractivity contribution in [2.45, 2.75) is 18.4 Å². The number of amides is 1. The van der Waals surface area contributed by atoms with E-state index in [0.717, 1.165) is 12.1 Å². The van der Waals surface area contributed by atoms with Crippen LogP contribution in [0.4, 0.5) is 13.2 Å². The first-order valence-electron chi connectivity index (χ1n) is 8.21. The van der Waals surface area contributed by atoms with E-state index in [-0.39, 0.29) is 18.7 Å².